The molecule has 0 saturated heterocycles. The maximum Gasteiger partial charge on any atom is 0.346 e. The van der Waals surface area contributed by atoms with Crippen LogP contribution in [-0.4, -0.2) is 22.1 Å². The van der Waals surface area contributed by atoms with Crippen molar-refractivity contribution >= 4 is 17.7 Å². The summed E-state index contributed by atoms with van der Waals surface area (Å²) in [5, 5.41) is 17.2. The second-order valence-corrected chi connectivity index (χ2v) is 4.32. The number of rotatable bonds is 3. The molecule has 1 aliphatic rings. The van der Waals surface area contributed by atoms with Gasteiger partial charge >= 0.3 is 5.97 Å². The standard InChI is InChI=1S/C9H11NO2S/c1-13-9(3-2-4-9)5-7(6-10)8(11)12/h5H,2-4H2,1H3,(H,11,12)/b7-5-. The molecule has 0 radical (unpaired) electrons. The molecule has 1 N–H and O–H groups in total. The minimum atomic E-state index is -1.12. The number of hydrogen-bond donors (Lipinski definition) is 1. The summed E-state index contributed by atoms with van der Waals surface area (Å²) < 4.78 is -0.0799. The molecule has 0 spiro atoms. The third-order valence-electron chi connectivity index (χ3n) is 2.36. The van der Waals surface area contributed by atoms with Gasteiger partial charge in [-0.25, -0.2) is 4.79 Å². The first kappa shape index (κ1) is 10.1. The highest BCUT2D eigenvalue weighted by molar-refractivity contribution is 8.00. The molecule has 70 valence electrons. The minimum Gasteiger partial charge on any atom is -0.477 e. The SMILES string of the molecule is CSC1(/C=C(/C#N)C(=O)O)CCC1. The first-order chi connectivity index (χ1) is 6.13. The van der Waals surface area contributed by atoms with Crippen LogP contribution in [-0.2, 0) is 4.79 Å². The number of carbonyl (C=O) groups is 1. The fourth-order valence-electron chi connectivity index (χ4n) is 1.34. The Balaban J connectivity index is 2.83. The van der Waals surface area contributed by atoms with Gasteiger partial charge in [0.25, 0.3) is 0 Å². The van der Waals surface area contributed by atoms with Crippen LogP contribution in [0.1, 0.15) is 19.3 Å². The molecule has 0 atom stereocenters. The molecule has 4 heteroatoms. The van der Waals surface area contributed by atoms with Crippen LogP contribution >= 0.6 is 11.8 Å². The van der Waals surface area contributed by atoms with E-state index in [0.717, 1.165) is 19.3 Å². The molecule has 0 aromatic carbocycles. The van der Waals surface area contributed by atoms with Gasteiger partial charge in [0.15, 0.2) is 0 Å². The zero-order valence-electron chi connectivity index (χ0n) is 7.41. The summed E-state index contributed by atoms with van der Waals surface area (Å²) in [6.45, 7) is 0. The number of hydrogen-bond acceptors (Lipinski definition) is 3. The second-order valence-electron chi connectivity index (χ2n) is 3.10. The number of carboxylic acids is 1. The maximum absolute atomic E-state index is 10.6. The molecule has 0 aliphatic heterocycles. The normalized spacial score (nSPS) is 20.2. The molecule has 13 heavy (non-hydrogen) atoms. The van der Waals surface area contributed by atoms with E-state index in [0.29, 0.717) is 0 Å². The van der Waals surface area contributed by atoms with Crippen LogP contribution < -0.4 is 0 Å². The monoisotopic (exact) mass is 197 g/mol. The molecular formula is C9H11NO2S. The third kappa shape index (κ3) is 2.04. The van der Waals surface area contributed by atoms with Crippen molar-refractivity contribution in [2.45, 2.75) is 24.0 Å². The van der Waals surface area contributed by atoms with Crippen LogP contribution in [0.2, 0.25) is 0 Å². The van der Waals surface area contributed by atoms with Gasteiger partial charge in [-0.2, -0.15) is 17.0 Å². The number of thioether (sulfide) groups is 1. The number of nitrogens with zero attached hydrogens (tertiary/aromatic N) is 1. The number of nitriles is 1. The predicted molar refractivity (Wildman–Crippen MR) is 51.4 cm³/mol. The Kier molecular flexibility index (Phi) is 2.99. The first-order valence-electron chi connectivity index (χ1n) is 4.05. The minimum absolute atomic E-state index is 0.0799. The van der Waals surface area contributed by atoms with Crippen molar-refractivity contribution in [3.8, 4) is 6.07 Å². The van der Waals surface area contributed by atoms with Crippen molar-refractivity contribution in [3.05, 3.63) is 11.6 Å². The van der Waals surface area contributed by atoms with Gasteiger partial charge in [0.2, 0.25) is 0 Å². The summed E-state index contributed by atoms with van der Waals surface area (Å²) in [6, 6.07) is 1.71. The van der Waals surface area contributed by atoms with Crippen LogP contribution in [0.25, 0.3) is 0 Å². The zero-order valence-corrected chi connectivity index (χ0v) is 8.23. The van der Waals surface area contributed by atoms with Crippen molar-refractivity contribution in [2.24, 2.45) is 0 Å². The summed E-state index contributed by atoms with van der Waals surface area (Å²) in [6.07, 6.45) is 6.63. The Morgan fingerprint density at radius 3 is 2.54 bits per heavy atom. The van der Waals surface area contributed by atoms with Gasteiger partial charge in [0.1, 0.15) is 11.6 Å². The topological polar surface area (TPSA) is 61.1 Å². The fraction of sp³-hybridized carbons (Fsp3) is 0.556. The second kappa shape index (κ2) is 3.84. The Morgan fingerprint density at radius 1 is 1.69 bits per heavy atom. The lowest BCUT2D eigenvalue weighted by molar-refractivity contribution is -0.132. The Morgan fingerprint density at radius 2 is 2.31 bits per heavy atom. The van der Waals surface area contributed by atoms with Crippen molar-refractivity contribution in [3.63, 3.8) is 0 Å². The summed E-state index contributed by atoms with van der Waals surface area (Å²) in [7, 11) is 0. The van der Waals surface area contributed by atoms with E-state index in [9.17, 15) is 4.79 Å². The summed E-state index contributed by atoms with van der Waals surface area (Å²) in [5.41, 5.74) is -0.131. The van der Waals surface area contributed by atoms with Crippen molar-refractivity contribution in [1.82, 2.24) is 0 Å². The van der Waals surface area contributed by atoms with Gasteiger partial charge in [-0.15, -0.1) is 0 Å². The molecule has 3 nitrogen and oxygen atoms in total. The van der Waals surface area contributed by atoms with Gasteiger partial charge in [0.05, 0.1) is 0 Å². The molecule has 0 aromatic rings. The quantitative estimate of drug-likeness (QED) is 0.553. The zero-order chi connectivity index (χ0) is 9.90. The summed E-state index contributed by atoms with van der Waals surface area (Å²) in [5.74, 6) is -1.12. The van der Waals surface area contributed by atoms with E-state index >= 15 is 0 Å². The fourth-order valence-corrected chi connectivity index (χ4v) is 2.27. The van der Waals surface area contributed by atoms with Crippen LogP contribution in [0.15, 0.2) is 11.6 Å². The lowest BCUT2D eigenvalue weighted by atomic mass is 9.83. The Labute approximate surface area is 81.4 Å². The van der Waals surface area contributed by atoms with Gasteiger partial charge < -0.3 is 5.11 Å². The van der Waals surface area contributed by atoms with Gasteiger partial charge in [-0.1, -0.05) is 6.42 Å². The van der Waals surface area contributed by atoms with E-state index in [-0.39, 0.29) is 10.3 Å². The molecule has 1 saturated carbocycles. The smallest absolute Gasteiger partial charge is 0.346 e. The van der Waals surface area contributed by atoms with Gasteiger partial charge in [-0.05, 0) is 25.2 Å². The summed E-state index contributed by atoms with van der Waals surface area (Å²) in [4.78, 5) is 10.6. The molecular weight excluding hydrogens is 186 g/mol. The van der Waals surface area contributed by atoms with Crippen molar-refractivity contribution in [1.29, 1.82) is 5.26 Å². The first-order valence-corrected chi connectivity index (χ1v) is 5.27. The number of aliphatic carboxylic acids is 1. The summed E-state index contributed by atoms with van der Waals surface area (Å²) >= 11 is 1.63. The highest BCUT2D eigenvalue weighted by Gasteiger charge is 2.35. The highest BCUT2D eigenvalue weighted by Crippen LogP contribution is 2.44. The van der Waals surface area contributed by atoms with Crippen LogP contribution in [0.5, 0.6) is 0 Å². The van der Waals surface area contributed by atoms with Crippen LogP contribution in [0, 0.1) is 11.3 Å². The largest absolute Gasteiger partial charge is 0.477 e. The molecule has 0 unspecified atom stereocenters. The third-order valence-corrected chi connectivity index (χ3v) is 3.70. The van der Waals surface area contributed by atoms with Crippen molar-refractivity contribution < 1.29 is 9.90 Å². The van der Waals surface area contributed by atoms with E-state index < -0.39 is 5.97 Å². The van der Waals surface area contributed by atoms with Gasteiger partial charge in [-0.3, -0.25) is 0 Å². The lowest BCUT2D eigenvalue weighted by Crippen LogP contribution is -2.31. The van der Waals surface area contributed by atoms with Crippen LogP contribution in [0.3, 0.4) is 0 Å². The van der Waals surface area contributed by atoms with E-state index in [2.05, 4.69) is 0 Å². The van der Waals surface area contributed by atoms with Gasteiger partial charge in [0, 0.05) is 4.75 Å². The average molecular weight is 197 g/mol. The number of carboxylic acid groups (broad SMARTS) is 1. The lowest BCUT2D eigenvalue weighted by Gasteiger charge is -2.37. The average Bonchev–Trinajstić information content (AvgIpc) is 2.03. The predicted octanol–water partition coefficient (Wildman–Crippen LogP) is 1.81. The van der Waals surface area contributed by atoms with E-state index in [4.69, 9.17) is 10.4 Å². The molecule has 0 amide bonds. The molecule has 0 aromatic heterocycles. The van der Waals surface area contributed by atoms with Crippen molar-refractivity contribution in [2.75, 3.05) is 6.26 Å². The van der Waals surface area contributed by atoms with Crippen LogP contribution in [0.4, 0.5) is 0 Å². The molecule has 1 aliphatic carbocycles. The molecule has 0 bridgehead atoms. The maximum atomic E-state index is 10.6. The molecule has 1 fully saturated rings. The van der Waals surface area contributed by atoms with E-state index in [1.165, 1.54) is 0 Å². The van der Waals surface area contributed by atoms with E-state index in [1.54, 1.807) is 23.9 Å². The molecule has 0 heterocycles. The Hall–Kier alpha value is -0.950. The highest BCUT2D eigenvalue weighted by atomic mass is 32.2. The Bertz CT molecular complexity index is 281. The van der Waals surface area contributed by atoms with E-state index in [1.807, 2.05) is 6.26 Å². The molecule has 1 rings (SSSR count).